The van der Waals surface area contributed by atoms with Gasteiger partial charge in [-0.3, -0.25) is 9.59 Å². The summed E-state index contributed by atoms with van der Waals surface area (Å²) < 4.78 is 0. The lowest BCUT2D eigenvalue weighted by molar-refractivity contribution is -0.118. The van der Waals surface area contributed by atoms with E-state index in [1.807, 2.05) is 30.3 Å². The summed E-state index contributed by atoms with van der Waals surface area (Å²) in [4.78, 5) is 24.1. The number of nitriles is 1. The third-order valence-corrected chi connectivity index (χ3v) is 4.54. The van der Waals surface area contributed by atoms with Crippen LogP contribution in [0.3, 0.4) is 0 Å². The molecule has 2 amide bonds. The summed E-state index contributed by atoms with van der Waals surface area (Å²) in [6.07, 6.45) is 0. The number of hydrogen-bond donors (Lipinski definition) is 2. The third kappa shape index (κ3) is 5.98. The van der Waals surface area contributed by atoms with Crippen LogP contribution in [-0.2, 0) is 10.5 Å². The van der Waals surface area contributed by atoms with E-state index in [-0.39, 0.29) is 11.8 Å². The number of amides is 2. The Kier molecular flexibility index (Phi) is 7.05. The van der Waals surface area contributed by atoms with E-state index in [0.29, 0.717) is 30.0 Å². The molecular weight excluding hydrogens is 334 g/mol. The third-order valence-electron chi connectivity index (χ3n) is 3.39. The maximum Gasteiger partial charge on any atom is 0.252 e. The number of nitrogens with one attached hydrogen (secondary N) is 2. The van der Waals surface area contributed by atoms with Gasteiger partial charge in [0.25, 0.3) is 5.91 Å². The fourth-order valence-corrected chi connectivity index (χ4v) is 3.13. The Hall–Kier alpha value is -2.78. The average molecular weight is 353 g/mol. The molecule has 128 valence electrons. The molecule has 0 aliphatic rings. The molecule has 5 nitrogen and oxygen atoms in total. The van der Waals surface area contributed by atoms with Crippen LogP contribution in [-0.4, -0.2) is 24.9 Å². The highest BCUT2D eigenvalue weighted by Gasteiger charge is 2.11. The van der Waals surface area contributed by atoms with Gasteiger partial charge in [-0.2, -0.15) is 5.26 Å². The Balaban J connectivity index is 1.95. The topological polar surface area (TPSA) is 82.0 Å². The van der Waals surface area contributed by atoms with Gasteiger partial charge in [-0.25, -0.2) is 0 Å². The molecule has 0 heterocycles. The first-order valence-electron chi connectivity index (χ1n) is 7.83. The van der Waals surface area contributed by atoms with Crippen molar-refractivity contribution in [1.29, 1.82) is 5.26 Å². The van der Waals surface area contributed by atoms with Crippen molar-refractivity contribution in [2.45, 2.75) is 17.6 Å². The van der Waals surface area contributed by atoms with Gasteiger partial charge in [-0.15, -0.1) is 11.8 Å². The molecule has 0 aliphatic heterocycles. The molecule has 25 heavy (non-hydrogen) atoms. The first-order valence-corrected chi connectivity index (χ1v) is 8.82. The summed E-state index contributed by atoms with van der Waals surface area (Å²) in [5, 5.41) is 14.3. The van der Waals surface area contributed by atoms with Gasteiger partial charge in [0.1, 0.15) is 0 Å². The van der Waals surface area contributed by atoms with Gasteiger partial charge < -0.3 is 10.6 Å². The maximum atomic E-state index is 12.3. The number of carbonyl (C=O) groups excluding carboxylic acids is 2. The number of rotatable bonds is 7. The SMILES string of the molecule is CC(=O)NCCNC(=O)c1ccccc1SCc1ccc(C#N)cc1. The molecule has 0 unspecified atom stereocenters. The summed E-state index contributed by atoms with van der Waals surface area (Å²) in [5.74, 6) is 0.433. The Morgan fingerprint density at radius 1 is 1.04 bits per heavy atom. The quantitative estimate of drug-likeness (QED) is 0.592. The Labute approximate surface area is 151 Å². The number of benzene rings is 2. The van der Waals surface area contributed by atoms with Crippen molar-refractivity contribution in [3.05, 3.63) is 65.2 Å². The standard InChI is InChI=1S/C19H19N3O2S/c1-14(23)21-10-11-22-19(24)17-4-2-3-5-18(17)25-13-16-8-6-15(12-20)7-9-16/h2-9H,10-11,13H2,1H3,(H,21,23)(H,22,24). The molecule has 2 aromatic carbocycles. The average Bonchev–Trinajstić information content (AvgIpc) is 2.64. The Morgan fingerprint density at radius 2 is 1.72 bits per heavy atom. The van der Waals surface area contributed by atoms with Crippen LogP contribution in [0.1, 0.15) is 28.4 Å². The van der Waals surface area contributed by atoms with Gasteiger partial charge in [0.15, 0.2) is 0 Å². The molecular formula is C19H19N3O2S. The minimum Gasteiger partial charge on any atom is -0.355 e. The summed E-state index contributed by atoms with van der Waals surface area (Å²) in [6, 6.07) is 16.9. The van der Waals surface area contributed by atoms with Crippen molar-refractivity contribution in [2.75, 3.05) is 13.1 Å². The van der Waals surface area contributed by atoms with Crippen molar-refractivity contribution in [1.82, 2.24) is 10.6 Å². The normalized spacial score (nSPS) is 9.92. The van der Waals surface area contributed by atoms with Crippen molar-refractivity contribution < 1.29 is 9.59 Å². The first-order chi connectivity index (χ1) is 12.1. The van der Waals surface area contributed by atoms with Crippen LogP contribution in [0, 0.1) is 11.3 Å². The zero-order valence-corrected chi connectivity index (χ0v) is 14.7. The summed E-state index contributed by atoms with van der Waals surface area (Å²) in [6.45, 7) is 2.23. The number of hydrogen-bond acceptors (Lipinski definition) is 4. The molecule has 0 bridgehead atoms. The van der Waals surface area contributed by atoms with E-state index in [1.54, 1.807) is 30.0 Å². The molecule has 2 N–H and O–H groups in total. The van der Waals surface area contributed by atoms with Gasteiger partial charge in [-0.05, 0) is 29.8 Å². The molecule has 0 aromatic heterocycles. The van der Waals surface area contributed by atoms with Crippen LogP contribution in [0.5, 0.6) is 0 Å². The summed E-state index contributed by atoms with van der Waals surface area (Å²) in [7, 11) is 0. The molecule has 0 radical (unpaired) electrons. The number of thioether (sulfide) groups is 1. The molecule has 0 aliphatic carbocycles. The van der Waals surface area contributed by atoms with Gasteiger partial charge in [-0.1, -0.05) is 24.3 Å². The fraction of sp³-hybridized carbons (Fsp3) is 0.211. The van der Waals surface area contributed by atoms with Gasteiger partial charge >= 0.3 is 0 Å². The van der Waals surface area contributed by atoms with Crippen molar-refractivity contribution in [2.24, 2.45) is 0 Å². The van der Waals surface area contributed by atoms with Crippen molar-refractivity contribution >= 4 is 23.6 Å². The number of nitrogens with zero attached hydrogens (tertiary/aromatic N) is 1. The largest absolute Gasteiger partial charge is 0.355 e. The summed E-state index contributed by atoms with van der Waals surface area (Å²) >= 11 is 1.57. The van der Waals surface area contributed by atoms with E-state index < -0.39 is 0 Å². The van der Waals surface area contributed by atoms with Gasteiger partial charge in [0.2, 0.25) is 5.91 Å². The van der Waals surface area contributed by atoms with Gasteiger partial charge in [0.05, 0.1) is 17.2 Å². The van der Waals surface area contributed by atoms with Crippen LogP contribution in [0.25, 0.3) is 0 Å². The lowest BCUT2D eigenvalue weighted by Gasteiger charge is -2.10. The predicted octanol–water partition coefficient (Wildman–Crippen LogP) is 2.72. The fourth-order valence-electron chi connectivity index (χ4n) is 2.13. The van der Waals surface area contributed by atoms with E-state index in [4.69, 9.17) is 5.26 Å². The second-order valence-corrected chi connectivity index (χ2v) is 6.35. The smallest absolute Gasteiger partial charge is 0.252 e. The van der Waals surface area contributed by atoms with Crippen molar-refractivity contribution in [3.63, 3.8) is 0 Å². The molecule has 2 rings (SSSR count). The molecule has 0 atom stereocenters. The molecule has 0 spiro atoms. The zero-order valence-electron chi connectivity index (χ0n) is 13.9. The molecule has 0 saturated carbocycles. The molecule has 0 fully saturated rings. The van der Waals surface area contributed by atoms with E-state index in [1.165, 1.54) is 6.92 Å². The van der Waals surface area contributed by atoms with Gasteiger partial charge in [0, 0.05) is 30.7 Å². The van der Waals surface area contributed by atoms with Crippen LogP contribution < -0.4 is 10.6 Å². The predicted molar refractivity (Wildman–Crippen MR) is 98.2 cm³/mol. The zero-order chi connectivity index (χ0) is 18.1. The molecule has 6 heteroatoms. The molecule has 0 saturated heterocycles. The lowest BCUT2D eigenvalue weighted by atomic mass is 10.2. The Morgan fingerprint density at radius 3 is 2.40 bits per heavy atom. The second kappa shape index (κ2) is 9.50. The second-order valence-electron chi connectivity index (χ2n) is 5.33. The highest BCUT2D eigenvalue weighted by molar-refractivity contribution is 7.98. The maximum absolute atomic E-state index is 12.3. The highest BCUT2D eigenvalue weighted by atomic mass is 32.2. The minimum atomic E-state index is -0.159. The van der Waals surface area contributed by atoms with E-state index in [9.17, 15) is 9.59 Å². The minimum absolute atomic E-state index is 0.118. The summed E-state index contributed by atoms with van der Waals surface area (Å²) in [5.41, 5.74) is 2.33. The van der Waals surface area contributed by atoms with Crippen molar-refractivity contribution in [3.8, 4) is 6.07 Å². The molecule has 2 aromatic rings. The van der Waals surface area contributed by atoms with E-state index in [0.717, 1.165) is 10.5 Å². The Bertz CT molecular complexity index is 782. The lowest BCUT2D eigenvalue weighted by Crippen LogP contribution is -2.33. The van der Waals surface area contributed by atoms with Crippen LogP contribution in [0.2, 0.25) is 0 Å². The van der Waals surface area contributed by atoms with E-state index >= 15 is 0 Å². The van der Waals surface area contributed by atoms with Crippen LogP contribution in [0.15, 0.2) is 53.4 Å². The first kappa shape index (κ1) is 18.6. The monoisotopic (exact) mass is 353 g/mol. The number of carbonyl (C=O) groups is 2. The van der Waals surface area contributed by atoms with Crippen LogP contribution in [0.4, 0.5) is 0 Å². The van der Waals surface area contributed by atoms with E-state index in [2.05, 4.69) is 16.7 Å². The van der Waals surface area contributed by atoms with Crippen LogP contribution >= 0.6 is 11.8 Å². The highest BCUT2D eigenvalue weighted by Crippen LogP contribution is 2.26.